The molecule has 0 aromatic heterocycles. The molecule has 1 N–H and O–H groups in total. The van der Waals surface area contributed by atoms with E-state index in [-0.39, 0.29) is 6.10 Å². The van der Waals surface area contributed by atoms with Gasteiger partial charge < -0.3 is 5.11 Å². The first-order valence-corrected chi connectivity index (χ1v) is 11.7. The first-order valence-electron chi connectivity index (χ1n) is 11.7. The van der Waals surface area contributed by atoms with Crippen molar-refractivity contribution in [3.63, 3.8) is 0 Å². The van der Waals surface area contributed by atoms with Gasteiger partial charge in [0.15, 0.2) is 0 Å². The summed E-state index contributed by atoms with van der Waals surface area (Å²) in [4.78, 5) is 12.2. The molecule has 0 amide bonds. The number of fused-ring (bicyclic) bond motifs is 4. The molecule has 0 aromatic rings. The van der Waals surface area contributed by atoms with Crippen molar-refractivity contribution in [2.24, 2.45) is 46.3 Å². The molecule has 0 unspecified atom stereocenters. The van der Waals surface area contributed by atoms with Crippen LogP contribution in [0.5, 0.6) is 0 Å². The average molecular weight is 371 g/mol. The van der Waals surface area contributed by atoms with E-state index in [1.165, 1.54) is 44.9 Å². The van der Waals surface area contributed by atoms with E-state index in [4.69, 9.17) is 0 Å². The van der Waals surface area contributed by atoms with Crippen molar-refractivity contribution in [3.05, 3.63) is 11.6 Å². The zero-order valence-corrected chi connectivity index (χ0v) is 17.5. The lowest BCUT2D eigenvalue weighted by Gasteiger charge is -2.60. The van der Waals surface area contributed by atoms with Crippen molar-refractivity contribution in [1.29, 1.82) is 0 Å². The minimum atomic E-state index is -0.102. The fraction of sp³-hybridized carbons (Fsp3) is 0.880. The Morgan fingerprint density at radius 3 is 2.56 bits per heavy atom. The Bertz CT molecular complexity index is 665. The summed E-state index contributed by atoms with van der Waals surface area (Å²) in [7, 11) is 0. The molecule has 0 bridgehead atoms. The fourth-order valence-electron chi connectivity index (χ4n) is 9.32. The van der Waals surface area contributed by atoms with Gasteiger partial charge in [-0.25, -0.2) is 0 Å². The molecule has 4 fully saturated rings. The molecule has 2 nitrogen and oxygen atoms in total. The number of ketones is 1. The number of allylic oxidation sites excluding steroid dienone is 1. The molecule has 5 aliphatic carbocycles. The first-order chi connectivity index (χ1) is 12.9. The van der Waals surface area contributed by atoms with Gasteiger partial charge in [0.1, 0.15) is 5.78 Å². The van der Waals surface area contributed by atoms with Gasteiger partial charge in [-0.1, -0.05) is 25.5 Å². The number of carbonyl (C=O) groups is 1. The van der Waals surface area contributed by atoms with Gasteiger partial charge in [0.05, 0.1) is 6.10 Å². The molecule has 1 spiro atoms. The molecular formula is C25H38O2. The molecule has 9 atom stereocenters. The summed E-state index contributed by atoms with van der Waals surface area (Å²) < 4.78 is 0. The summed E-state index contributed by atoms with van der Waals surface area (Å²) in [5.74, 6) is 4.72. The fourth-order valence-corrected chi connectivity index (χ4v) is 9.32. The van der Waals surface area contributed by atoms with Crippen LogP contribution in [0, 0.1) is 46.3 Å². The Morgan fingerprint density at radius 1 is 1.04 bits per heavy atom. The van der Waals surface area contributed by atoms with Crippen LogP contribution in [0.2, 0.25) is 0 Å². The zero-order valence-electron chi connectivity index (χ0n) is 17.5. The summed E-state index contributed by atoms with van der Waals surface area (Å²) in [6.07, 6.45) is 14.8. The second-order valence-electron chi connectivity index (χ2n) is 11.2. The Labute approximate surface area is 165 Å². The van der Waals surface area contributed by atoms with Gasteiger partial charge >= 0.3 is 0 Å². The average Bonchev–Trinajstić information content (AvgIpc) is 3.03. The maximum atomic E-state index is 12.2. The predicted molar refractivity (Wildman–Crippen MR) is 108 cm³/mol. The lowest BCUT2D eigenvalue weighted by Crippen LogP contribution is -2.53. The third kappa shape index (κ3) is 2.44. The summed E-state index contributed by atoms with van der Waals surface area (Å²) in [6, 6.07) is 0. The molecule has 150 valence electrons. The minimum absolute atomic E-state index is 0.102. The second-order valence-corrected chi connectivity index (χ2v) is 11.2. The zero-order chi connectivity index (χ0) is 19.0. The van der Waals surface area contributed by atoms with Crippen molar-refractivity contribution >= 4 is 5.78 Å². The van der Waals surface area contributed by atoms with Crippen LogP contribution >= 0.6 is 0 Å². The topological polar surface area (TPSA) is 37.3 Å². The lowest BCUT2D eigenvalue weighted by atomic mass is 9.44. The number of carbonyl (C=O) groups excluding carboxylic acids is 1. The largest absolute Gasteiger partial charge is 0.393 e. The first kappa shape index (κ1) is 18.4. The van der Waals surface area contributed by atoms with Crippen LogP contribution in [0.4, 0.5) is 0 Å². The van der Waals surface area contributed by atoms with Gasteiger partial charge in [-0.3, -0.25) is 4.79 Å². The molecule has 5 aliphatic rings. The number of hydrogen-bond acceptors (Lipinski definition) is 2. The number of Topliss-reactive ketones (excluding diaryl/α,β-unsaturated/α-hetero) is 1. The van der Waals surface area contributed by atoms with E-state index in [2.05, 4.69) is 19.9 Å². The highest BCUT2D eigenvalue weighted by molar-refractivity contribution is 5.78. The van der Waals surface area contributed by atoms with Crippen molar-refractivity contribution in [1.82, 2.24) is 0 Å². The van der Waals surface area contributed by atoms with Gasteiger partial charge in [0.2, 0.25) is 0 Å². The van der Waals surface area contributed by atoms with Gasteiger partial charge in [-0.05, 0) is 112 Å². The Morgan fingerprint density at radius 2 is 1.78 bits per heavy atom. The van der Waals surface area contributed by atoms with E-state index in [1.807, 2.05) is 6.92 Å². The molecule has 4 saturated carbocycles. The van der Waals surface area contributed by atoms with Crippen LogP contribution in [0.1, 0.15) is 85.0 Å². The van der Waals surface area contributed by atoms with Gasteiger partial charge in [-0.15, -0.1) is 0 Å². The quantitative estimate of drug-likeness (QED) is 0.615. The van der Waals surface area contributed by atoms with Crippen LogP contribution in [-0.4, -0.2) is 17.0 Å². The van der Waals surface area contributed by atoms with Gasteiger partial charge in [0.25, 0.3) is 0 Å². The summed E-state index contributed by atoms with van der Waals surface area (Å²) >= 11 is 0. The standard InChI is InChI=1S/C25H38O2/c1-15-19(16(2)26)9-12-25-13-10-22-20(23(25)7-6-21(15)25)5-4-17-14-18(27)8-11-24(17,22)3/h4,15,18-23,27H,5-14H2,1-3H3/t15-,18-,19-,20+,21+,22-,23-,24-,25+/m0/s1. The summed E-state index contributed by atoms with van der Waals surface area (Å²) in [6.45, 7) is 6.75. The van der Waals surface area contributed by atoms with E-state index in [0.29, 0.717) is 28.4 Å². The Balaban J connectivity index is 1.45. The lowest BCUT2D eigenvalue weighted by molar-refractivity contribution is -0.131. The van der Waals surface area contributed by atoms with Crippen LogP contribution in [0.3, 0.4) is 0 Å². The number of rotatable bonds is 1. The van der Waals surface area contributed by atoms with Crippen LogP contribution in [0.15, 0.2) is 11.6 Å². The van der Waals surface area contributed by atoms with Gasteiger partial charge in [-0.2, -0.15) is 0 Å². The summed E-state index contributed by atoms with van der Waals surface area (Å²) in [5.41, 5.74) is 2.48. The molecular weight excluding hydrogens is 332 g/mol. The van der Waals surface area contributed by atoms with E-state index < -0.39 is 0 Å². The smallest absolute Gasteiger partial charge is 0.133 e. The molecule has 2 heteroatoms. The molecule has 27 heavy (non-hydrogen) atoms. The molecule has 0 radical (unpaired) electrons. The SMILES string of the molecule is CC(=O)[C@H]1CC[C@]23CC[C@H]4[C@@H](CC=C5C[C@@H](O)CC[C@@]54C)[C@@H]2CC[C@@H]3[C@H]1C. The van der Waals surface area contributed by atoms with E-state index in [9.17, 15) is 9.90 Å². The van der Waals surface area contributed by atoms with Crippen LogP contribution < -0.4 is 0 Å². The second kappa shape index (κ2) is 6.18. The van der Waals surface area contributed by atoms with Crippen LogP contribution in [-0.2, 0) is 4.79 Å². The van der Waals surface area contributed by atoms with Crippen molar-refractivity contribution in [2.75, 3.05) is 0 Å². The molecule has 0 aliphatic heterocycles. The highest BCUT2D eigenvalue weighted by Crippen LogP contribution is 2.70. The number of aliphatic hydroxyl groups excluding tert-OH is 1. The number of aliphatic hydroxyl groups is 1. The third-order valence-electron chi connectivity index (χ3n) is 10.6. The van der Waals surface area contributed by atoms with E-state index >= 15 is 0 Å². The Kier molecular flexibility index (Phi) is 4.21. The molecule has 5 rings (SSSR count). The Hall–Kier alpha value is -0.630. The highest BCUT2D eigenvalue weighted by atomic mass is 16.3. The summed E-state index contributed by atoms with van der Waals surface area (Å²) in [5, 5.41) is 10.2. The maximum absolute atomic E-state index is 12.2. The molecule has 0 heterocycles. The van der Waals surface area contributed by atoms with Crippen molar-refractivity contribution < 1.29 is 9.90 Å². The molecule has 0 aromatic carbocycles. The maximum Gasteiger partial charge on any atom is 0.133 e. The normalized spacial score (nSPS) is 54.2. The minimum Gasteiger partial charge on any atom is -0.393 e. The number of hydrogen-bond donors (Lipinski definition) is 1. The predicted octanol–water partition coefficient (Wildman–Crippen LogP) is 5.54. The monoisotopic (exact) mass is 370 g/mol. The third-order valence-corrected chi connectivity index (χ3v) is 10.6. The van der Waals surface area contributed by atoms with Gasteiger partial charge in [0, 0.05) is 5.92 Å². The molecule has 0 saturated heterocycles. The highest BCUT2D eigenvalue weighted by Gasteiger charge is 2.62. The van der Waals surface area contributed by atoms with Crippen LogP contribution in [0.25, 0.3) is 0 Å². The van der Waals surface area contributed by atoms with E-state index in [0.717, 1.165) is 42.9 Å². The van der Waals surface area contributed by atoms with E-state index in [1.54, 1.807) is 5.57 Å². The van der Waals surface area contributed by atoms with Crippen molar-refractivity contribution in [2.45, 2.75) is 91.1 Å². The van der Waals surface area contributed by atoms with Crippen molar-refractivity contribution in [3.8, 4) is 0 Å².